The number of amides is 1. The molecule has 0 fully saturated rings. The monoisotopic (exact) mass is 271 g/mol. The molecule has 7 heteroatoms. The maximum atomic E-state index is 11.7. The smallest absolute Gasteiger partial charge is 0.234 e. The van der Waals surface area contributed by atoms with Gasteiger partial charge in [-0.25, -0.2) is 0 Å². The summed E-state index contributed by atoms with van der Waals surface area (Å²) < 4.78 is 3.91. The van der Waals surface area contributed by atoms with E-state index in [-0.39, 0.29) is 11.9 Å². The number of rotatable bonds is 7. The van der Waals surface area contributed by atoms with Gasteiger partial charge in [0.15, 0.2) is 0 Å². The zero-order valence-corrected chi connectivity index (χ0v) is 12.2. The molecule has 0 unspecified atom stereocenters. The minimum atomic E-state index is 0.0426. The Hall–Kier alpha value is -1.21. The average Bonchev–Trinajstić information content (AvgIpc) is 2.74. The van der Waals surface area contributed by atoms with Crippen molar-refractivity contribution >= 4 is 22.4 Å². The van der Waals surface area contributed by atoms with Crippen LogP contribution in [0, 0.1) is 0 Å². The zero-order valence-electron chi connectivity index (χ0n) is 11.4. The minimum Gasteiger partial charge on any atom is -0.377 e. The standard InChI is InChI=1S/C11H21N5OS/c1-5-16(7-10(17)13-8(2)3)6-9-11(12-4)18-15-14-9/h8,12H,5-7H2,1-4H3,(H,13,17). The van der Waals surface area contributed by atoms with Crippen LogP contribution in [0.4, 0.5) is 5.00 Å². The fourth-order valence-electron chi connectivity index (χ4n) is 1.56. The van der Waals surface area contributed by atoms with E-state index in [1.165, 1.54) is 11.5 Å². The van der Waals surface area contributed by atoms with Gasteiger partial charge in [-0.1, -0.05) is 11.4 Å². The highest BCUT2D eigenvalue weighted by molar-refractivity contribution is 7.10. The number of aromatic nitrogens is 2. The van der Waals surface area contributed by atoms with E-state index < -0.39 is 0 Å². The molecule has 0 radical (unpaired) electrons. The summed E-state index contributed by atoms with van der Waals surface area (Å²) in [6.45, 7) is 7.76. The van der Waals surface area contributed by atoms with Gasteiger partial charge >= 0.3 is 0 Å². The van der Waals surface area contributed by atoms with Crippen LogP contribution >= 0.6 is 11.5 Å². The number of anilines is 1. The Labute approximate surface area is 112 Å². The first kappa shape index (κ1) is 14.8. The van der Waals surface area contributed by atoms with E-state index in [2.05, 4.69) is 20.2 Å². The summed E-state index contributed by atoms with van der Waals surface area (Å²) in [6.07, 6.45) is 0. The van der Waals surface area contributed by atoms with Crippen molar-refractivity contribution in [1.82, 2.24) is 19.8 Å². The van der Waals surface area contributed by atoms with Gasteiger partial charge in [-0.05, 0) is 20.4 Å². The number of carbonyl (C=O) groups is 1. The number of likely N-dealkylation sites (N-methyl/N-ethyl adjacent to an activating group) is 1. The molecule has 1 aromatic heterocycles. The summed E-state index contributed by atoms with van der Waals surface area (Å²) >= 11 is 1.33. The molecule has 2 N–H and O–H groups in total. The Morgan fingerprint density at radius 1 is 1.50 bits per heavy atom. The molecule has 0 saturated heterocycles. The SMILES string of the molecule is CCN(CC(=O)NC(C)C)Cc1nnsc1NC. The van der Waals surface area contributed by atoms with Crippen LogP contribution in [0.1, 0.15) is 26.5 Å². The highest BCUT2D eigenvalue weighted by atomic mass is 32.1. The summed E-state index contributed by atoms with van der Waals surface area (Å²) in [4.78, 5) is 13.7. The third-order valence-electron chi connectivity index (χ3n) is 2.42. The van der Waals surface area contributed by atoms with Crippen LogP contribution in [0.2, 0.25) is 0 Å². The molecule has 1 amide bonds. The molecule has 0 aromatic carbocycles. The third-order valence-corrected chi connectivity index (χ3v) is 3.21. The van der Waals surface area contributed by atoms with E-state index in [0.717, 1.165) is 17.2 Å². The molecular weight excluding hydrogens is 250 g/mol. The van der Waals surface area contributed by atoms with E-state index in [4.69, 9.17) is 0 Å². The van der Waals surface area contributed by atoms with Gasteiger partial charge in [0.05, 0.1) is 6.54 Å². The Morgan fingerprint density at radius 3 is 2.78 bits per heavy atom. The van der Waals surface area contributed by atoms with E-state index in [1.807, 2.05) is 32.7 Å². The topological polar surface area (TPSA) is 70.2 Å². The van der Waals surface area contributed by atoms with E-state index in [9.17, 15) is 4.79 Å². The van der Waals surface area contributed by atoms with Gasteiger partial charge in [-0.15, -0.1) is 5.10 Å². The van der Waals surface area contributed by atoms with Gasteiger partial charge in [0.2, 0.25) is 5.91 Å². The third kappa shape index (κ3) is 4.58. The summed E-state index contributed by atoms with van der Waals surface area (Å²) in [5.41, 5.74) is 0.890. The normalized spacial score (nSPS) is 11.0. The van der Waals surface area contributed by atoms with Crippen LogP contribution in [0.3, 0.4) is 0 Å². The van der Waals surface area contributed by atoms with Gasteiger partial charge in [-0.3, -0.25) is 9.69 Å². The minimum absolute atomic E-state index is 0.0426. The molecule has 102 valence electrons. The molecule has 6 nitrogen and oxygen atoms in total. The molecule has 1 aromatic rings. The van der Waals surface area contributed by atoms with Gasteiger partial charge in [-0.2, -0.15) is 0 Å². The van der Waals surface area contributed by atoms with Crippen LogP contribution in [0.15, 0.2) is 0 Å². The average molecular weight is 271 g/mol. The lowest BCUT2D eigenvalue weighted by Gasteiger charge is -2.19. The van der Waals surface area contributed by atoms with E-state index in [1.54, 1.807) is 0 Å². The molecule has 0 aliphatic heterocycles. The van der Waals surface area contributed by atoms with Crippen molar-refractivity contribution in [2.45, 2.75) is 33.4 Å². The molecule has 0 spiro atoms. The predicted octanol–water partition coefficient (Wildman–Crippen LogP) is 0.926. The highest BCUT2D eigenvalue weighted by Crippen LogP contribution is 2.18. The van der Waals surface area contributed by atoms with Crippen molar-refractivity contribution in [1.29, 1.82) is 0 Å². The molecule has 18 heavy (non-hydrogen) atoms. The van der Waals surface area contributed by atoms with Gasteiger partial charge in [0.25, 0.3) is 0 Å². The lowest BCUT2D eigenvalue weighted by atomic mass is 10.3. The van der Waals surface area contributed by atoms with Crippen LogP contribution in [-0.4, -0.2) is 46.6 Å². The van der Waals surface area contributed by atoms with Gasteiger partial charge < -0.3 is 10.6 Å². The second-order valence-electron chi connectivity index (χ2n) is 4.32. The van der Waals surface area contributed by atoms with Gasteiger partial charge in [0, 0.05) is 31.2 Å². The molecule has 0 aliphatic carbocycles. The summed E-state index contributed by atoms with van der Waals surface area (Å²) in [7, 11) is 1.85. The van der Waals surface area contributed by atoms with Crippen LogP contribution in [-0.2, 0) is 11.3 Å². The molecule has 1 rings (SSSR count). The summed E-state index contributed by atoms with van der Waals surface area (Å²) in [5.74, 6) is 0.0426. The Morgan fingerprint density at radius 2 is 2.22 bits per heavy atom. The Bertz CT molecular complexity index is 379. The number of hydrogen-bond acceptors (Lipinski definition) is 6. The first-order valence-corrected chi connectivity index (χ1v) is 6.84. The summed E-state index contributed by atoms with van der Waals surface area (Å²) in [6, 6.07) is 0.171. The lowest BCUT2D eigenvalue weighted by Crippen LogP contribution is -2.39. The maximum Gasteiger partial charge on any atom is 0.234 e. The zero-order chi connectivity index (χ0) is 13.5. The van der Waals surface area contributed by atoms with Crippen molar-refractivity contribution < 1.29 is 4.79 Å². The Kier molecular flexibility index (Phi) is 6.00. The predicted molar refractivity (Wildman–Crippen MR) is 73.7 cm³/mol. The van der Waals surface area contributed by atoms with Crippen molar-refractivity contribution in [2.24, 2.45) is 0 Å². The van der Waals surface area contributed by atoms with E-state index in [0.29, 0.717) is 13.1 Å². The van der Waals surface area contributed by atoms with Crippen LogP contribution < -0.4 is 10.6 Å². The molecule has 0 atom stereocenters. The molecule has 0 saturated carbocycles. The van der Waals surface area contributed by atoms with E-state index >= 15 is 0 Å². The van der Waals surface area contributed by atoms with Crippen LogP contribution in [0.25, 0.3) is 0 Å². The fraction of sp³-hybridized carbons (Fsp3) is 0.727. The second-order valence-corrected chi connectivity index (χ2v) is 5.08. The largest absolute Gasteiger partial charge is 0.377 e. The highest BCUT2D eigenvalue weighted by Gasteiger charge is 2.14. The van der Waals surface area contributed by atoms with Crippen molar-refractivity contribution in [3.63, 3.8) is 0 Å². The summed E-state index contributed by atoms with van der Waals surface area (Å²) in [5, 5.41) is 11.0. The first-order chi connectivity index (χ1) is 8.56. The molecule has 1 heterocycles. The Balaban J connectivity index is 2.54. The number of hydrogen-bond donors (Lipinski definition) is 2. The lowest BCUT2D eigenvalue weighted by molar-refractivity contribution is -0.122. The quantitative estimate of drug-likeness (QED) is 0.772. The van der Waals surface area contributed by atoms with Gasteiger partial charge in [0.1, 0.15) is 10.7 Å². The van der Waals surface area contributed by atoms with Crippen molar-refractivity contribution in [3.8, 4) is 0 Å². The fourth-order valence-corrected chi connectivity index (χ4v) is 2.09. The second kappa shape index (κ2) is 7.27. The van der Waals surface area contributed by atoms with Crippen molar-refractivity contribution in [3.05, 3.63) is 5.69 Å². The van der Waals surface area contributed by atoms with Crippen LogP contribution in [0.5, 0.6) is 0 Å². The number of carbonyl (C=O) groups excluding carboxylic acids is 1. The molecular formula is C11H21N5OS. The van der Waals surface area contributed by atoms with Crippen molar-refractivity contribution in [2.75, 3.05) is 25.5 Å². The number of nitrogens with zero attached hydrogens (tertiary/aromatic N) is 3. The number of nitrogens with one attached hydrogen (secondary N) is 2. The molecule has 0 aliphatic rings. The molecule has 0 bridgehead atoms. The maximum absolute atomic E-state index is 11.7. The first-order valence-electron chi connectivity index (χ1n) is 6.07.